The van der Waals surface area contributed by atoms with Crippen LogP contribution in [-0.4, -0.2) is 26.2 Å². The third-order valence-electron chi connectivity index (χ3n) is 7.73. The molecule has 4 nitrogen and oxygen atoms in total. The molecular weight excluding hydrogens is 428 g/mol. The number of aryl methyl sites for hydroxylation is 3. The van der Waals surface area contributed by atoms with E-state index in [1.54, 1.807) is 0 Å². The van der Waals surface area contributed by atoms with E-state index in [4.69, 9.17) is 5.10 Å². The fourth-order valence-corrected chi connectivity index (χ4v) is 5.89. The Morgan fingerprint density at radius 1 is 1.00 bits per heavy atom. The Labute approximate surface area is 210 Å². The van der Waals surface area contributed by atoms with E-state index < -0.39 is 0 Å². The summed E-state index contributed by atoms with van der Waals surface area (Å²) in [5.41, 5.74) is 11.7. The van der Waals surface area contributed by atoms with Crippen LogP contribution in [0.25, 0.3) is 27.8 Å². The molecule has 4 heteroatoms. The van der Waals surface area contributed by atoms with Crippen molar-refractivity contribution in [2.24, 2.45) is 5.41 Å². The van der Waals surface area contributed by atoms with Gasteiger partial charge in [0.1, 0.15) is 0 Å². The largest absolute Gasteiger partial charge is 0.361 e. The quantitative estimate of drug-likeness (QED) is 0.328. The lowest BCUT2D eigenvalue weighted by atomic mass is 9.93. The summed E-state index contributed by atoms with van der Waals surface area (Å²) in [5.74, 6) is 0. The summed E-state index contributed by atoms with van der Waals surface area (Å²) in [5, 5.41) is 6.74. The molecule has 2 aromatic heterocycles. The standard InChI is InChI=1S/C31H40N4/c1-9-21-12-11-13-22(10-2)27(21)35-28(24-15-14-20(3)26-23(24)16-17-32-26)25-18-34(19-30(4,5)6)31(7,8)29(25)33-35/h11-17,32H,9-10,18-19H2,1-8H3. The summed E-state index contributed by atoms with van der Waals surface area (Å²) in [6.45, 7) is 20.3. The van der Waals surface area contributed by atoms with Crippen molar-refractivity contribution in [1.29, 1.82) is 0 Å². The summed E-state index contributed by atoms with van der Waals surface area (Å²) in [6.07, 6.45) is 4.04. The second-order valence-electron chi connectivity index (χ2n) is 11.9. The molecule has 0 spiro atoms. The molecule has 5 rings (SSSR count). The zero-order valence-electron chi connectivity index (χ0n) is 22.7. The predicted molar refractivity (Wildman–Crippen MR) is 147 cm³/mol. The topological polar surface area (TPSA) is 36.9 Å². The lowest BCUT2D eigenvalue weighted by Crippen LogP contribution is -2.41. The molecule has 0 aliphatic carbocycles. The van der Waals surface area contributed by atoms with Gasteiger partial charge in [-0.15, -0.1) is 0 Å². The van der Waals surface area contributed by atoms with Crippen LogP contribution in [0.2, 0.25) is 0 Å². The first kappa shape index (κ1) is 23.9. The van der Waals surface area contributed by atoms with E-state index in [2.05, 4.69) is 113 Å². The maximum absolute atomic E-state index is 5.47. The third-order valence-corrected chi connectivity index (χ3v) is 7.73. The Morgan fingerprint density at radius 3 is 2.31 bits per heavy atom. The number of hydrogen-bond donors (Lipinski definition) is 1. The number of aromatic amines is 1. The summed E-state index contributed by atoms with van der Waals surface area (Å²) < 4.78 is 2.30. The van der Waals surface area contributed by atoms with E-state index in [9.17, 15) is 0 Å². The molecule has 0 saturated carbocycles. The Hall–Kier alpha value is -2.85. The SMILES string of the molecule is CCc1cccc(CC)c1-n1nc2c(c1-c1ccc(C)c3[nH]ccc13)CN(CC(C)(C)C)C2(C)C. The Bertz CT molecular complexity index is 1370. The van der Waals surface area contributed by atoms with Crippen molar-refractivity contribution in [3.05, 3.63) is 70.5 Å². The summed E-state index contributed by atoms with van der Waals surface area (Å²) in [6, 6.07) is 13.5. The summed E-state index contributed by atoms with van der Waals surface area (Å²) in [7, 11) is 0. The van der Waals surface area contributed by atoms with Crippen LogP contribution in [0.1, 0.15) is 76.4 Å². The number of rotatable bonds is 5. The molecule has 0 fully saturated rings. The average Bonchev–Trinajstić information content (AvgIpc) is 3.49. The lowest BCUT2D eigenvalue weighted by molar-refractivity contribution is 0.0869. The number of H-pyrrole nitrogens is 1. The molecule has 1 aliphatic rings. The maximum Gasteiger partial charge on any atom is 0.0878 e. The van der Waals surface area contributed by atoms with Gasteiger partial charge in [-0.3, -0.25) is 4.90 Å². The minimum atomic E-state index is -0.127. The van der Waals surface area contributed by atoms with E-state index >= 15 is 0 Å². The summed E-state index contributed by atoms with van der Waals surface area (Å²) >= 11 is 0. The fraction of sp³-hybridized carbons (Fsp3) is 0.452. The molecular formula is C31H40N4. The maximum atomic E-state index is 5.47. The zero-order valence-corrected chi connectivity index (χ0v) is 22.7. The molecule has 1 N–H and O–H groups in total. The second kappa shape index (κ2) is 8.37. The van der Waals surface area contributed by atoms with Gasteiger partial charge >= 0.3 is 0 Å². The number of nitrogens with one attached hydrogen (secondary N) is 1. The van der Waals surface area contributed by atoms with Crippen LogP contribution in [0.4, 0.5) is 0 Å². The number of hydrogen-bond acceptors (Lipinski definition) is 2. The highest BCUT2D eigenvalue weighted by molar-refractivity contribution is 5.97. The number of benzene rings is 2. The van der Waals surface area contributed by atoms with Gasteiger partial charge in [-0.05, 0) is 61.8 Å². The van der Waals surface area contributed by atoms with Crippen molar-refractivity contribution < 1.29 is 0 Å². The number of nitrogens with zero attached hydrogens (tertiary/aromatic N) is 3. The zero-order chi connectivity index (χ0) is 25.1. The lowest BCUT2D eigenvalue weighted by Gasteiger charge is -2.36. The molecule has 3 heterocycles. The molecule has 1 aliphatic heterocycles. The smallest absolute Gasteiger partial charge is 0.0878 e. The first-order chi connectivity index (χ1) is 16.6. The molecule has 2 aromatic carbocycles. The Kier molecular flexibility index (Phi) is 5.71. The molecule has 184 valence electrons. The highest BCUT2D eigenvalue weighted by atomic mass is 15.3. The molecule has 0 unspecified atom stereocenters. The van der Waals surface area contributed by atoms with E-state index in [0.29, 0.717) is 0 Å². The van der Waals surface area contributed by atoms with Gasteiger partial charge in [0.05, 0.1) is 22.6 Å². The van der Waals surface area contributed by atoms with Crippen molar-refractivity contribution in [2.75, 3.05) is 6.54 Å². The average molecular weight is 469 g/mol. The number of para-hydroxylation sites is 1. The van der Waals surface area contributed by atoms with Crippen LogP contribution in [0.5, 0.6) is 0 Å². The van der Waals surface area contributed by atoms with Gasteiger partial charge < -0.3 is 4.98 Å². The van der Waals surface area contributed by atoms with Gasteiger partial charge in [0, 0.05) is 41.3 Å². The van der Waals surface area contributed by atoms with Crippen LogP contribution in [-0.2, 0) is 24.9 Å². The van der Waals surface area contributed by atoms with Gasteiger partial charge in [-0.25, -0.2) is 4.68 Å². The minimum absolute atomic E-state index is 0.127. The van der Waals surface area contributed by atoms with Crippen LogP contribution in [0, 0.1) is 12.3 Å². The van der Waals surface area contributed by atoms with E-state index in [-0.39, 0.29) is 11.0 Å². The highest BCUT2D eigenvalue weighted by Gasteiger charge is 2.44. The van der Waals surface area contributed by atoms with Crippen LogP contribution in [0.15, 0.2) is 42.6 Å². The van der Waals surface area contributed by atoms with E-state index in [1.165, 1.54) is 55.8 Å². The fourth-order valence-electron chi connectivity index (χ4n) is 5.89. The Morgan fingerprint density at radius 2 is 1.69 bits per heavy atom. The Balaban J connectivity index is 1.83. The van der Waals surface area contributed by atoms with Crippen LogP contribution >= 0.6 is 0 Å². The molecule has 0 amide bonds. The van der Waals surface area contributed by atoms with Crippen LogP contribution in [0.3, 0.4) is 0 Å². The van der Waals surface area contributed by atoms with E-state index in [0.717, 1.165) is 25.9 Å². The first-order valence-electron chi connectivity index (χ1n) is 13.1. The molecule has 0 bridgehead atoms. The van der Waals surface area contributed by atoms with Crippen molar-refractivity contribution in [1.82, 2.24) is 19.7 Å². The van der Waals surface area contributed by atoms with Crippen molar-refractivity contribution in [2.45, 2.75) is 80.3 Å². The van der Waals surface area contributed by atoms with Gasteiger partial charge in [0.2, 0.25) is 0 Å². The molecule has 0 saturated heterocycles. The van der Waals surface area contributed by atoms with Gasteiger partial charge in [-0.1, -0.05) is 65.0 Å². The van der Waals surface area contributed by atoms with Gasteiger partial charge in [0.25, 0.3) is 0 Å². The second-order valence-corrected chi connectivity index (χ2v) is 11.9. The van der Waals surface area contributed by atoms with Crippen LogP contribution < -0.4 is 0 Å². The molecule has 35 heavy (non-hydrogen) atoms. The number of aromatic nitrogens is 3. The van der Waals surface area contributed by atoms with Crippen molar-refractivity contribution in [3.8, 4) is 16.9 Å². The normalized spacial score (nSPS) is 15.8. The minimum Gasteiger partial charge on any atom is -0.361 e. The van der Waals surface area contributed by atoms with Gasteiger partial charge in [0.15, 0.2) is 0 Å². The monoisotopic (exact) mass is 468 g/mol. The number of fused-ring (bicyclic) bond motifs is 2. The van der Waals surface area contributed by atoms with Crippen molar-refractivity contribution >= 4 is 10.9 Å². The molecule has 4 aromatic rings. The van der Waals surface area contributed by atoms with Gasteiger partial charge in [-0.2, -0.15) is 5.10 Å². The first-order valence-corrected chi connectivity index (χ1v) is 13.1. The van der Waals surface area contributed by atoms with E-state index in [1.807, 2.05) is 0 Å². The predicted octanol–water partition coefficient (Wildman–Crippen LogP) is 7.55. The molecule has 0 atom stereocenters. The third kappa shape index (κ3) is 3.83. The molecule has 0 radical (unpaired) electrons. The summed E-state index contributed by atoms with van der Waals surface area (Å²) in [4.78, 5) is 6.10. The van der Waals surface area contributed by atoms with Crippen molar-refractivity contribution in [3.63, 3.8) is 0 Å². The highest BCUT2D eigenvalue weighted by Crippen LogP contribution is 2.46.